The summed E-state index contributed by atoms with van der Waals surface area (Å²) >= 11 is 1.14. The highest BCUT2D eigenvalue weighted by Crippen LogP contribution is 2.12. The van der Waals surface area contributed by atoms with Crippen molar-refractivity contribution in [3.63, 3.8) is 0 Å². The molecule has 2 aromatic heterocycles. The predicted molar refractivity (Wildman–Crippen MR) is 81.8 cm³/mol. The molecule has 0 saturated heterocycles. The van der Waals surface area contributed by atoms with Crippen molar-refractivity contribution in [3.05, 3.63) is 33.3 Å². The minimum atomic E-state index is -0.395. The predicted octanol–water partition coefficient (Wildman–Crippen LogP) is 1.53. The first kappa shape index (κ1) is 16.2. The van der Waals surface area contributed by atoms with E-state index >= 15 is 0 Å². The Labute approximate surface area is 131 Å². The standard InChI is InChI=1S/C14H18N4O3S/c1-5-18-10(7-8-15-18)12(19)16-14-17(4)9(3)11(22-14)13(20)21-6-2/h7-8H,5-6H2,1-4H3. The summed E-state index contributed by atoms with van der Waals surface area (Å²) in [5, 5.41) is 4.05. The molecule has 0 aliphatic heterocycles. The third kappa shape index (κ3) is 3.01. The number of ether oxygens (including phenoxy) is 1. The minimum Gasteiger partial charge on any atom is -0.462 e. The number of aromatic nitrogens is 3. The van der Waals surface area contributed by atoms with Crippen molar-refractivity contribution in [2.75, 3.05) is 6.61 Å². The van der Waals surface area contributed by atoms with E-state index in [1.165, 1.54) is 0 Å². The van der Waals surface area contributed by atoms with Crippen molar-refractivity contribution in [3.8, 4) is 0 Å². The van der Waals surface area contributed by atoms with Crippen LogP contribution in [0.15, 0.2) is 17.3 Å². The molecule has 22 heavy (non-hydrogen) atoms. The monoisotopic (exact) mass is 322 g/mol. The maximum atomic E-state index is 12.3. The van der Waals surface area contributed by atoms with E-state index in [0.717, 1.165) is 17.0 Å². The topological polar surface area (TPSA) is 78.5 Å². The lowest BCUT2D eigenvalue weighted by Gasteiger charge is -2.00. The van der Waals surface area contributed by atoms with Crippen molar-refractivity contribution in [2.45, 2.75) is 27.3 Å². The van der Waals surface area contributed by atoms with Gasteiger partial charge in [-0.15, -0.1) is 0 Å². The Balaban J connectivity index is 2.42. The fourth-order valence-corrected chi connectivity index (χ4v) is 2.94. The minimum absolute atomic E-state index is 0.307. The highest BCUT2D eigenvalue weighted by molar-refractivity contribution is 7.11. The molecule has 0 radical (unpaired) electrons. The Hall–Kier alpha value is -2.22. The molecule has 0 aromatic carbocycles. The molecule has 0 aliphatic rings. The van der Waals surface area contributed by atoms with Crippen LogP contribution in [0.5, 0.6) is 0 Å². The summed E-state index contributed by atoms with van der Waals surface area (Å²) in [4.78, 5) is 29.2. The summed E-state index contributed by atoms with van der Waals surface area (Å²) in [5.41, 5.74) is 1.14. The van der Waals surface area contributed by atoms with Crippen molar-refractivity contribution in [2.24, 2.45) is 12.0 Å². The van der Waals surface area contributed by atoms with Gasteiger partial charge >= 0.3 is 5.97 Å². The van der Waals surface area contributed by atoms with E-state index < -0.39 is 5.97 Å². The molecular formula is C14H18N4O3S. The molecule has 0 saturated carbocycles. The van der Waals surface area contributed by atoms with Crippen LogP contribution in [0, 0.1) is 6.92 Å². The number of amides is 1. The Morgan fingerprint density at radius 2 is 2.14 bits per heavy atom. The molecule has 0 atom stereocenters. The molecule has 0 bridgehead atoms. The molecule has 7 nitrogen and oxygen atoms in total. The van der Waals surface area contributed by atoms with E-state index in [1.807, 2.05) is 6.92 Å². The maximum Gasteiger partial charge on any atom is 0.350 e. The fraction of sp³-hybridized carbons (Fsp3) is 0.429. The molecule has 8 heteroatoms. The van der Waals surface area contributed by atoms with E-state index in [0.29, 0.717) is 28.5 Å². The van der Waals surface area contributed by atoms with Crippen LogP contribution in [-0.2, 0) is 18.3 Å². The zero-order valence-electron chi connectivity index (χ0n) is 13.0. The Morgan fingerprint density at radius 3 is 2.77 bits per heavy atom. The number of esters is 1. The first-order valence-corrected chi connectivity index (χ1v) is 7.75. The average molecular weight is 322 g/mol. The third-order valence-corrected chi connectivity index (χ3v) is 4.42. The summed E-state index contributed by atoms with van der Waals surface area (Å²) in [6.45, 7) is 6.34. The van der Waals surface area contributed by atoms with Gasteiger partial charge in [0.15, 0.2) is 4.80 Å². The van der Waals surface area contributed by atoms with Crippen LogP contribution < -0.4 is 4.80 Å². The second-order valence-electron chi connectivity index (χ2n) is 4.53. The Kier molecular flexibility index (Phi) is 4.92. The van der Waals surface area contributed by atoms with Gasteiger partial charge in [-0.05, 0) is 26.8 Å². The van der Waals surface area contributed by atoms with Crippen LogP contribution in [-0.4, -0.2) is 32.8 Å². The van der Waals surface area contributed by atoms with Crippen molar-refractivity contribution < 1.29 is 14.3 Å². The quantitative estimate of drug-likeness (QED) is 0.800. The lowest BCUT2D eigenvalue weighted by Crippen LogP contribution is -2.16. The average Bonchev–Trinajstić information content (AvgIpc) is 3.07. The van der Waals surface area contributed by atoms with E-state index in [-0.39, 0.29) is 5.91 Å². The lowest BCUT2D eigenvalue weighted by atomic mass is 10.4. The smallest absolute Gasteiger partial charge is 0.350 e. The van der Waals surface area contributed by atoms with Gasteiger partial charge in [-0.3, -0.25) is 9.48 Å². The van der Waals surface area contributed by atoms with Gasteiger partial charge in [0, 0.05) is 25.5 Å². The third-order valence-electron chi connectivity index (χ3n) is 3.21. The van der Waals surface area contributed by atoms with E-state index in [2.05, 4.69) is 10.1 Å². The molecule has 0 N–H and O–H groups in total. The molecule has 1 amide bonds. The van der Waals surface area contributed by atoms with Gasteiger partial charge in [-0.25, -0.2) is 4.79 Å². The molecular weight excluding hydrogens is 304 g/mol. The van der Waals surface area contributed by atoms with Crippen LogP contribution >= 0.6 is 11.3 Å². The molecule has 0 spiro atoms. The summed E-state index contributed by atoms with van der Waals surface area (Å²) in [5.74, 6) is -0.778. The Bertz CT molecular complexity index is 769. The first-order chi connectivity index (χ1) is 10.5. The van der Waals surface area contributed by atoms with Crippen molar-refractivity contribution >= 4 is 23.2 Å². The molecule has 2 aromatic rings. The molecule has 2 rings (SSSR count). The summed E-state index contributed by atoms with van der Waals surface area (Å²) in [6, 6.07) is 1.63. The Morgan fingerprint density at radius 1 is 1.41 bits per heavy atom. The van der Waals surface area contributed by atoms with Gasteiger partial charge in [-0.2, -0.15) is 10.1 Å². The summed E-state index contributed by atoms with van der Waals surface area (Å²) in [6.07, 6.45) is 1.57. The van der Waals surface area contributed by atoms with Gasteiger partial charge in [0.1, 0.15) is 10.6 Å². The maximum absolute atomic E-state index is 12.3. The molecule has 0 fully saturated rings. The highest BCUT2D eigenvalue weighted by atomic mass is 32.1. The van der Waals surface area contributed by atoms with Crippen LogP contribution in [0.25, 0.3) is 0 Å². The van der Waals surface area contributed by atoms with Crippen LogP contribution in [0.2, 0.25) is 0 Å². The van der Waals surface area contributed by atoms with Crippen LogP contribution in [0.4, 0.5) is 0 Å². The largest absolute Gasteiger partial charge is 0.462 e. The van der Waals surface area contributed by atoms with Gasteiger partial charge in [0.25, 0.3) is 5.91 Å². The lowest BCUT2D eigenvalue weighted by molar-refractivity contribution is 0.0530. The first-order valence-electron chi connectivity index (χ1n) is 6.94. The number of carbonyl (C=O) groups excluding carboxylic acids is 2. The van der Waals surface area contributed by atoms with Crippen LogP contribution in [0.3, 0.4) is 0 Å². The molecule has 0 aliphatic carbocycles. The van der Waals surface area contributed by atoms with Gasteiger partial charge in [0.2, 0.25) is 0 Å². The molecule has 118 valence electrons. The van der Waals surface area contributed by atoms with E-state index in [1.54, 1.807) is 42.4 Å². The van der Waals surface area contributed by atoms with Gasteiger partial charge in [0.05, 0.1) is 6.61 Å². The van der Waals surface area contributed by atoms with E-state index in [4.69, 9.17) is 4.74 Å². The summed E-state index contributed by atoms with van der Waals surface area (Å²) in [7, 11) is 1.76. The molecule has 0 unspecified atom stereocenters. The van der Waals surface area contributed by atoms with Gasteiger partial charge in [-0.1, -0.05) is 11.3 Å². The summed E-state index contributed by atoms with van der Waals surface area (Å²) < 4.78 is 8.30. The zero-order valence-corrected chi connectivity index (χ0v) is 13.8. The highest BCUT2D eigenvalue weighted by Gasteiger charge is 2.17. The second kappa shape index (κ2) is 6.69. The van der Waals surface area contributed by atoms with Gasteiger partial charge < -0.3 is 9.30 Å². The number of rotatable bonds is 4. The number of aryl methyl sites for hydroxylation is 1. The number of hydrogen-bond donors (Lipinski definition) is 0. The van der Waals surface area contributed by atoms with Crippen molar-refractivity contribution in [1.29, 1.82) is 0 Å². The normalized spacial score (nSPS) is 11.7. The van der Waals surface area contributed by atoms with E-state index in [9.17, 15) is 9.59 Å². The number of thiazole rings is 1. The SMILES string of the molecule is CCOC(=O)c1sc(=NC(=O)c2ccnn2CC)n(C)c1C. The number of hydrogen-bond acceptors (Lipinski definition) is 5. The second-order valence-corrected chi connectivity index (χ2v) is 5.51. The molecule has 2 heterocycles. The van der Waals surface area contributed by atoms with Crippen molar-refractivity contribution in [1.82, 2.24) is 14.3 Å². The van der Waals surface area contributed by atoms with Crippen LogP contribution in [0.1, 0.15) is 39.7 Å². The zero-order chi connectivity index (χ0) is 16.3. The number of carbonyl (C=O) groups is 2. The number of nitrogens with zero attached hydrogens (tertiary/aromatic N) is 4. The fourth-order valence-electron chi connectivity index (χ4n) is 1.92.